The van der Waals surface area contributed by atoms with Gasteiger partial charge in [0.2, 0.25) is 0 Å². The topological polar surface area (TPSA) is 36.7 Å². The lowest BCUT2D eigenvalue weighted by Crippen LogP contribution is -2.29. The Morgan fingerprint density at radius 1 is 0.422 bits per heavy atom. The molecule has 2 aliphatic carbocycles. The second-order valence-corrected chi connectivity index (χ2v) is 11.8. The van der Waals surface area contributed by atoms with Gasteiger partial charge in [0.15, 0.2) is 0 Å². The fourth-order valence-electron chi connectivity index (χ4n) is 7.68. The van der Waals surface area contributed by atoms with Crippen LogP contribution in [-0.2, 0) is 5.41 Å². The van der Waals surface area contributed by atoms with Crippen LogP contribution >= 0.6 is 0 Å². The van der Waals surface area contributed by atoms with Gasteiger partial charge in [0.25, 0.3) is 0 Å². The molecule has 2 heteroatoms. The molecule has 1 heterocycles. The van der Waals surface area contributed by atoms with Gasteiger partial charge in [0, 0.05) is 17.3 Å². The van der Waals surface area contributed by atoms with Gasteiger partial charge in [-0.05, 0) is 85.5 Å². The Bertz CT molecular complexity index is 2280. The van der Waals surface area contributed by atoms with E-state index < -0.39 is 5.41 Å². The van der Waals surface area contributed by atoms with Gasteiger partial charge in [-0.25, -0.2) is 0 Å². The lowest BCUT2D eigenvalue weighted by Gasteiger charge is -2.35. The molecule has 0 N–H and O–H groups in total. The molecule has 9 rings (SSSR count). The number of fused-ring (bicyclic) bond motifs is 12. The van der Waals surface area contributed by atoms with Gasteiger partial charge in [-0.2, -0.15) is 5.26 Å². The summed E-state index contributed by atoms with van der Waals surface area (Å²) in [5, 5.41) is 9.17. The van der Waals surface area contributed by atoms with Crippen LogP contribution in [0.15, 0.2) is 158 Å². The molecule has 0 aliphatic heterocycles. The van der Waals surface area contributed by atoms with Crippen molar-refractivity contribution in [3.8, 4) is 61.8 Å². The number of aromatic nitrogens is 1. The van der Waals surface area contributed by atoms with Gasteiger partial charge >= 0.3 is 0 Å². The second kappa shape index (κ2) is 9.74. The minimum absolute atomic E-state index is 0.464. The first kappa shape index (κ1) is 25.5. The summed E-state index contributed by atoms with van der Waals surface area (Å²) in [6.45, 7) is 0. The third-order valence-corrected chi connectivity index (χ3v) is 9.62. The monoisotopic (exact) mass is 570 g/mol. The van der Waals surface area contributed by atoms with Crippen molar-refractivity contribution >= 4 is 0 Å². The largest absolute Gasteiger partial charge is 0.256 e. The van der Waals surface area contributed by atoms with Gasteiger partial charge in [0.05, 0.1) is 22.7 Å². The van der Waals surface area contributed by atoms with E-state index in [4.69, 9.17) is 4.98 Å². The standard InChI is InChI=1S/C43H26N2/c44-26-28-17-19-29(20-18-28)42-24-22-31(27-45-42)30-21-23-41-37(25-30)33-10-2-1-9-32(33)34-11-3-6-14-38(34)43(41)39-15-7-4-12-35(39)36-13-5-8-16-40(36)43/h1-25,27H. The number of hydrogen-bond donors (Lipinski definition) is 0. The van der Waals surface area contributed by atoms with Gasteiger partial charge in [-0.15, -0.1) is 0 Å². The highest BCUT2D eigenvalue weighted by Gasteiger charge is 2.49. The van der Waals surface area contributed by atoms with E-state index in [2.05, 4.69) is 133 Å². The minimum Gasteiger partial charge on any atom is -0.256 e. The van der Waals surface area contributed by atoms with Crippen molar-refractivity contribution in [2.45, 2.75) is 5.41 Å². The zero-order valence-corrected chi connectivity index (χ0v) is 24.4. The minimum atomic E-state index is -0.464. The summed E-state index contributed by atoms with van der Waals surface area (Å²) in [5.74, 6) is 0. The molecule has 45 heavy (non-hydrogen) atoms. The van der Waals surface area contributed by atoms with Gasteiger partial charge in [0.1, 0.15) is 0 Å². The number of rotatable bonds is 2. The Hall–Kier alpha value is -6.04. The predicted molar refractivity (Wildman–Crippen MR) is 182 cm³/mol. The molecule has 6 aromatic carbocycles. The molecule has 2 aliphatic rings. The molecule has 0 bridgehead atoms. The maximum Gasteiger partial charge on any atom is 0.0991 e. The first-order chi connectivity index (χ1) is 22.3. The number of nitrogens with zero attached hydrogens (tertiary/aromatic N) is 2. The van der Waals surface area contributed by atoms with Crippen molar-refractivity contribution < 1.29 is 0 Å². The summed E-state index contributed by atoms with van der Waals surface area (Å²) >= 11 is 0. The molecule has 0 saturated heterocycles. The molecule has 0 unspecified atom stereocenters. The zero-order chi connectivity index (χ0) is 30.0. The highest BCUT2D eigenvalue weighted by molar-refractivity contribution is 5.98. The van der Waals surface area contributed by atoms with E-state index in [1.54, 1.807) is 0 Å². The summed E-state index contributed by atoms with van der Waals surface area (Å²) in [6, 6.07) is 56.7. The van der Waals surface area contributed by atoms with Gasteiger partial charge < -0.3 is 0 Å². The third-order valence-electron chi connectivity index (χ3n) is 9.62. The SMILES string of the molecule is N#Cc1ccc(-c2ccc(-c3ccc4c(c3)-c3ccccc3-c3ccccc3C43c4ccccc4-c4ccccc43)cn2)cc1. The molecule has 0 radical (unpaired) electrons. The van der Waals surface area contributed by atoms with Crippen LogP contribution in [0.25, 0.3) is 55.8 Å². The average Bonchev–Trinajstić information content (AvgIpc) is 3.36. The highest BCUT2D eigenvalue weighted by Crippen LogP contribution is 2.61. The summed E-state index contributed by atoms with van der Waals surface area (Å²) in [4.78, 5) is 4.84. The number of nitriles is 1. The van der Waals surface area contributed by atoms with E-state index in [-0.39, 0.29) is 0 Å². The molecule has 208 valence electrons. The van der Waals surface area contributed by atoms with E-state index in [1.165, 1.54) is 55.6 Å². The first-order valence-corrected chi connectivity index (χ1v) is 15.3. The van der Waals surface area contributed by atoms with Crippen LogP contribution in [0.5, 0.6) is 0 Å². The smallest absolute Gasteiger partial charge is 0.0991 e. The lowest BCUT2D eigenvalue weighted by atomic mass is 9.66. The molecule has 7 aromatic rings. The average molecular weight is 571 g/mol. The molecule has 1 aromatic heterocycles. The van der Waals surface area contributed by atoms with Crippen molar-refractivity contribution in [1.82, 2.24) is 4.98 Å². The summed E-state index contributed by atoms with van der Waals surface area (Å²) in [7, 11) is 0. The zero-order valence-electron chi connectivity index (χ0n) is 24.4. The van der Waals surface area contributed by atoms with Crippen LogP contribution in [0.3, 0.4) is 0 Å². The summed E-state index contributed by atoms with van der Waals surface area (Å²) < 4.78 is 0. The lowest BCUT2D eigenvalue weighted by molar-refractivity contribution is 0.775. The van der Waals surface area contributed by atoms with Crippen LogP contribution in [0.4, 0.5) is 0 Å². The molecule has 1 spiro atoms. The highest BCUT2D eigenvalue weighted by atomic mass is 14.7. The molecule has 0 saturated carbocycles. The van der Waals surface area contributed by atoms with E-state index in [9.17, 15) is 5.26 Å². The van der Waals surface area contributed by atoms with Crippen LogP contribution in [-0.4, -0.2) is 4.98 Å². The van der Waals surface area contributed by atoms with E-state index in [0.29, 0.717) is 5.56 Å². The van der Waals surface area contributed by atoms with Crippen molar-refractivity contribution in [2.75, 3.05) is 0 Å². The van der Waals surface area contributed by atoms with Crippen molar-refractivity contribution in [3.05, 3.63) is 186 Å². The Labute approximate surface area is 262 Å². The fraction of sp³-hybridized carbons (Fsp3) is 0.0233. The van der Waals surface area contributed by atoms with Gasteiger partial charge in [-0.3, -0.25) is 4.98 Å². The first-order valence-electron chi connectivity index (χ1n) is 15.3. The molecule has 0 amide bonds. The summed E-state index contributed by atoms with van der Waals surface area (Å²) in [6.07, 6.45) is 1.96. The molecule has 0 atom stereocenters. The second-order valence-electron chi connectivity index (χ2n) is 11.8. The predicted octanol–water partition coefficient (Wildman–Crippen LogP) is 10.3. The fourth-order valence-corrected chi connectivity index (χ4v) is 7.68. The van der Waals surface area contributed by atoms with Crippen LogP contribution in [0, 0.1) is 11.3 Å². The van der Waals surface area contributed by atoms with E-state index in [1.807, 2.05) is 30.5 Å². The number of pyridine rings is 1. The van der Waals surface area contributed by atoms with Crippen LogP contribution < -0.4 is 0 Å². The van der Waals surface area contributed by atoms with Crippen molar-refractivity contribution in [1.29, 1.82) is 5.26 Å². The normalized spacial score (nSPS) is 13.0. The Kier molecular flexibility index (Phi) is 5.51. The maximum absolute atomic E-state index is 9.17. The maximum atomic E-state index is 9.17. The Morgan fingerprint density at radius 3 is 1.44 bits per heavy atom. The molecular weight excluding hydrogens is 544 g/mol. The van der Waals surface area contributed by atoms with E-state index >= 15 is 0 Å². The summed E-state index contributed by atoms with van der Waals surface area (Å²) in [5.41, 5.74) is 17.1. The molecule has 0 fully saturated rings. The van der Waals surface area contributed by atoms with Crippen LogP contribution in [0.2, 0.25) is 0 Å². The Balaban J connectivity index is 1.30. The quantitative estimate of drug-likeness (QED) is 0.207. The van der Waals surface area contributed by atoms with Gasteiger partial charge in [-0.1, -0.05) is 127 Å². The number of benzene rings is 6. The third kappa shape index (κ3) is 3.59. The van der Waals surface area contributed by atoms with Crippen LogP contribution in [0.1, 0.15) is 27.8 Å². The molecular formula is C43H26N2. The Morgan fingerprint density at radius 2 is 0.889 bits per heavy atom. The number of hydrogen-bond acceptors (Lipinski definition) is 2. The van der Waals surface area contributed by atoms with Crippen molar-refractivity contribution in [2.24, 2.45) is 0 Å². The molecule has 2 nitrogen and oxygen atoms in total. The van der Waals surface area contributed by atoms with Crippen molar-refractivity contribution in [3.63, 3.8) is 0 Å². The van der Waals surface area contributed by atoms with E-state index in [0.717, 1.165) is 22.4 Å².